The van der Waals surface area contributed by atoms with Crippen molar-refractivity contribution >= 4 is 41.5 Å². The maximum Gasteiger partial charge on any atom is 0.191 e. The lowest BCUT2D eigenvalue weighted by Gasteiger charge is -2.13. The van der Waals surface area contributed by atoms with Crippen molar-refractivity contribution in [3.63, 3.8) is 0 Å². The molecule has 0 saturated carbocycles. The van der Waals surface area contributed by atoms with Gasteiger partial charge in [-0.1, -0.05) is 35.9 Å². The van der Waals surface area contributed by atoms with Crippen molar-refractivity contribution in [2.75, 3.05) is 13.7 Å². The number of benzene rings is 2. The normalized spacial score (nSPS) is 10.8. The van der Waals surface area contributed by atoms with Crippen LogP contribution in [-0.2, 0) is 13.1 Å². The van der Waals surface area contributed by atoms with E-state index in [1.165, 1.54) is 7.11 Å². The van der Waals surface area contributed by atoms with Gasteiger partial charge in [0.15, 0.2) is 17.5 Å². The SMILES string of the molecule is CCNC(=NCc1ccc(Cl)cc1)NCc1cccc(OC)c1O.I. The Bertz CT molecular complexity index is 693. The molecule has 0 aliphatic rings. The molecule has 0 aliphatic heterocycles. The number of halogens is 2. The zero-order chi connectivity index (χ0) is 17.4. The van der Waals surface area contributed by atoms with Crippen LogP contribution in [0.15, 0.2) is 47.5 Å². The van der Waals surface area contributed by atoms with Gasteiger partial charge in [-0.25, -0.2) is 4.99 Å². The number of methoxy groups -OCH3 is 1. The van der Waals surface area contributed by atoms with Crippen molar-refractivity contribution in [1.82, 2.24) is 10.6 Å². The summed E-state index contributed by atoms with van der Waals surface area (Å²) in [6, 6.07) is 13.0. The van der Waals surface area contributed by atoms with Crippen LogP contribution in [0.3, 0.4) is 0 Å². The third-order valence-electron chi connectivity index (χ3n) is 3.43. The summed E-state index contributed by atoms with van der Waals surface area (Å²) in [5, 5.41) is 17.2. The molecule has 0 fully saturated rings. The first-order chi connectivity index (χ1) is 11.6. The fraction of sp³-hybridized carbons (Fsp3) is 0.278. The van der Waals surface area contributed by atoms with E-state index in [2.05, 4.69) is 15.6 Å². The first-order valence-corrected chi connectivity index (χ1v) is 8.13. The molecular formula is C18H23ClIN3O2. The van der Waals surface area contributed by atoms with Gasteiger partial charge in [-0.2, -0.15) is 0 Å². The average Bonchev–Trinajstić information content (AvgIpc) is 2.60. The molecule has 0 aliphatic carbocycles. The Morgan fingerprint density at radius 3 is 2.52 bits per heavy atom. The molecule has 5 nitrogen and oxygen atoms in total. The van der Waals surface area contributed by atoms with Crippen LogP contribution in [0.2, 0.25) is 5.02 Å². The number of nitrogens with zero attached hydrogens (tertiary/aromatic N) is 1. The summed E-state index contributed by atoms with van der Waals surface area (Å²) >= 11 is 5.89. The van der Waals surface area contributed by atoms with Crippen LogP contribution in [-0.4, -0.2) is 24.7 Å². The third kappa shape index (κ3) is 6.62. The minimum absolute atomic E-state index is 0. The monoisotopic (exact) mass is 475 g/mol. The summed E-state index contributed by atoms with van der Waals surface area (Å²) in [5.41, 5.74) is 1.81. The highest BCUT2D eigenvalue weighted by molar-refractivity contribution is 14.0. The Kier molecular flexibility index (Phi) is 9.44. The van der Waals surface area contributed by atoms with E-state index in [4.69, 9.17) is 16.3 Å². The van der Waals surface area contributed by atoms with Gasteiger partial charge < -0.3 is 20.5 Å². The second kappa shape index (κ2) is 11.0. The van der Waals surface area contributed by atoms with Gasteiger partial charge in [0.05, 0.1) is 13.7 Å². The van der Waals surface area contributed by atoms with Gasteiger partial charge in [-0.05, 0) is 30.7 Å². The largest absolute Gasteiger partial charge is 0.504 e. The highest BCUT2D eigenvalue weighted by Crippen LogP contribution is 2.29. The highest BCUT2D eigenvalue weighted by atomic mass is 127. The number of phenols is 1. The number of ether oxygens (including phenoxy) is 1. The number of para-hydroxylation sites is 1. The first kappa shape index (κ1) is 21.4. The lowest BCUT2D eigenvalue weighted by atomic mass is 10.2. The summed E-state index contributed by atoms with van der Waals surface area (Å²) < 4.78 is 5.12. The zero-order valence-electron chi connectivity index (χ0n) is 14.3. The third-order valence-corrected chi connectivity index (χ3v) is 3.68. The second-order valence-electron chi connectivity index (χ2n) is 5.14. The highest BCUT2D eigenvalue weighted by Gasteiger charge is 2.07. The van der Waals surface area contributed by atoms with Gasteiger partial charge >= 0.3 is 0 Å². The maximum absolute atomic E-state index is 10.1. The van der Waals surface area contributed by atoms with Gasteiger partial charge in [-0.15, -0.1) is 24.0 Å². The van der Waals surface area contributed by atoms with Crippen LogP contribution >= 0.6 is 35.6 Å². The zero-order valence-corrected chi connectivity index (χ0v) is 17.3. The molecule has 0 radical (unpaired) electrons. The summed E-state index contributed by atoms with van der Waals surface area (Å²) in [6.07, 6.45) is 0. The molecule has 0 saturated heterocycles. The Morgan fingerprint density at radius 2 is 1.88 bits per heavy atom. The van der Waals surface area contributed by atoms with Crippen molar-refractivity contribution in [2.45, 2.75) is 20.0 Å². The first-order valence-electron chi connectivity index (χ1n) is 7.75. The van der Waals surface area contributed by atoms with Crippen molar-refractivity contribution in [3.05, 3.63) is 58.6 Å². The van der Waals surface area contributed by atoms with Gasteiger partial charge in [-0.3, -0.25) is 0 Å². The molecule has 25 heavy (non-hydrogen) atoms. The van der Waals surface area contributed by atoms with Crippen LogP contribution < -0.4 is 15.4 Å². The van der Waals surface area contributed by atoms with Gasteiger partial charge in [0.1, 0.15) is 0 Å². The van der Waals surface area contributed by atoms with E-state index in [1.54, 1.807) is 6.07 Å². The molecule has 0 heterocycles. The van der Waals surface area contributed by atoms with Crippen molar-refractivity contribution in [1.29, 1.82) is 0 Å². The summed E-state index contributed by atoms with van der Waals surface area (Å²) in [4.78, 5) is 4.54. The fourth-order valence-corrected chi connectivity index (χ4v) is 2.28. The lowest BCUT2D eigenvalue weighted by molar-refractivity contribution is 0.370. The van der Waals surface area contributed by atoms with E-state index in [1.807, 2.05) is 43.3 Å². The fourth-order valence-electron chi connectivity index (χ4n) is 2.16. The molecule has 136 valence electrons. The van der Waals surface area contributed by atoms with Crippen molar-refractivity contribution in [3.8, 4) is 11.5 Å². The van der Waals surface area contributed by atoms with E-state index in [9.17, 15) is 5.11 Å². The maximum atomic E-state index is 10.1. The Morgan fingerprint density at radius 1 is 1.16 bits per heavy atom. The van der Waals surface area contributed by atoms with E-state index in [0.717, 1.165) is 17.7 Å². The second-order valence-corrected chi connectivity index (χ2v) is 5.58. The molecule has 0 unspecified atom stereocenters. The van der Waals surface area contributed by atoms with E-state index < -0.39 is 0 Å². The molecule has 0 bridgehead atoms. The predicted octanol–water partition coefficient (Wildman–Crippen LogP) is 3.93. The molecule has 2 aromatic rings. The number of hydrogen-bond acceptors (Lipinski definition) is 3. The summed E-state index contributed by atoms with van der Waals surface area (Å²) in [7, 11) is 1.53. The van der Waals surface area contributed by atoms with Crippen molar-refractivity contribution < 1.29 is 9.84 Å². The molecule has 0 amide bonds. The molecule has 2 rings (SSSR count). The minimum Gasteiger partial charge on any atom is -0.504 e. The molecule has 0 spiro atoms. The standard InChI is InChI=1S/C18H22ClN3O2.HI/c1-3-20-18(21-11-13-7-9-15(19)10-8-13)22-12-14-5-4-6-16(24-2)17(14)23;/h4-10,23H,3,11-12H2,1-2H3,(H2,20,21,22);1H. The van der Waals surface area contributed by atoms with Crippen molar-refractivity contribution in [2.24, 2.45) is 4.99 Å². The molecule has 2 aromatic carbocycles. The molecular weight excluding hydrogens is 453 g/mol. The summed E-state index contributed by atoms with van der Waals surface area (Å²) in [6.45, 7) is 3.73. The molecule has 0 atom stereocenters. The van der Waals surface area contributed by atoms with Crippen LogP contribution in [0.4, 0.5) is 0 Å². The summed E-state index contributed by atoms with van der Waals surface area (Å²) in [5.74, 6) is 1.27. The van der Waals surface area contributed by atoms with E-state index in [-0.39, 0.29) is 29.7 Å². The molecule has 7 heteroatoms. The van der Waals surface area contributed by atoms with E-state index in [0.29, 0.717) is 29.8 Å². The predicted molar refractivity (Wildman–Crippen MR) is 113 cm³/mol. The van der Waals surface area contributed by atoms with Gasteiger partial charge in [0.25, 0.3) is 0 Å². The topological polar surface area (TPSA) is 65.9 Å². The minimum atomic E-state index is 0. The number of hydrogen-bond donors (Lipinski definition) is 3. The quantitative estimate of drug-likeness (QED) is 0.336. The van der Waals surface area contributed by atoms with Crippen LogP contribution in [0.5, 0.6) is 11.5 Å². The van der Waals surface area contributed by atoms with Crippen LogP contribution in [0, 0.1) is 0 Å². The average molecular weight is 476 g/mol. The number of guanidine groups is 1. The van der Waals surface area contributed by atoms with Gasteiger partial charge in [0.2, 0.25) is 0 Å². The van der Waals surface area contributed by atoms with Crippen LogP contribution in [0.1, 0.15) is 18.1 Å². The number of aromatic hydroxyl groups is 1. The number of phenolic OH excluding ortho intramolecular Hbond substituents is 1. The van der Waals surface area contributed by atoms with E-state index >= 15 is 0 Å². The lowest BCUT2D eigenvalue weighted by Crippen LogP contribution is -2.36. The number of aliphatic imine (C=N–C) groups is 1. The Hall–Kier alpha value is -1.67. The Balaban J connectivity index is 0.00000312. The Labute approximate surface area is 170 Å². The smallest absolute Gasteiger partial charge is 0.191 e. The number of nitrogens with one attached hydrogen (secondary N) is 2. The molecule has 3 N–H and O–H groups in total. The van der Waals surface area contributed by atoms with Crippen LogP contribution in [0.25, 0.3) is 0 Å². The number of rotatable bonds is 6. The molecule has 0 aromatic heterocycles. The van der Waals surface area contributed by atoms with Gasteiger partial charge in [0, 0.05) is 23.7 Å².